The molecule has 6 nitrogen and oxygen atoms in total. The Morgan fingerprint density at radius 3 is 2.37 bits per heavy atom. The Kier molecular flexibility index (Phi) is 5.16. The second-order valence-corrected chi connectivity index (χ2v) is 7.85. The van der Waals surface area contributed by atoms with Gasteiger partial charge < -0.3 is 9.80 Å². The normalized spacial score (nSPS) is 18.1. The van der Waals surface area contributed by atoms with Crippen LogP contribution in [-0.4, -0.2) is 27.6 Å². The van der Waals surface area contributed by atoms with Gasteiger partial charge in [0.2, 0.25) is 5.91 Å². The third kappa shape index (κ3) is 3.38. The Hall–Kier alpha value is -3.41. The van der Waals surface area contributed by atoms with Gasteiger partial charge in [0.15, 0.2) is 0 Å². The summed E-state index contributed by atoms with van der Waals surface area (Å²) < 4.78 is 1.63. The van der Waals surface area contributed by atoms with Crippen LogP contribution in [0.1, 0.15) is 48.1 Å². The summed E-state index contributed by atoms with van der Waals surface area (Å²) in [5, 5.41) is 4.33. The molecule has 0 saturated heterocycles. The fourth-order valence-electron chi connectivity index (χ4n) is 4.44. The molecule has 0 fully saturated rings. The van der Waals surface area contributed by atoms with Crippen LogP contribution >= 0.6 is 0 Å². The first kappa shape index (κ1) is 19.9. The molecular weight excluding hydrogens is 376 g/mol. The monoisotopic (exact) mass is 402 g/mol. The maximum absolute atomic E-state index is 13.5. The molecule has 0 N–H and O–H groups in total. The molecule has 0 saturated carbocycles. The Morgan fingerprint density at radius 2 is 1.73 bits per heavy atom. The van der Waals surface area contributed by atoms with Crippen LogP contribution in [0.5, 0.6) is 0 Å². The third-order valence-corrected chi connectivity index (χ3v) is 5.69. The standard InChI is InChI=1S/C24H26N4O2/c1-16-14-23(26(4)25-16)24(30)27-17(2)15-22(20-12-8-9-13-21(20)27)28(18(3)29)19-10-6-5-7-11-19/h5-14,17,22H,15H2,1-4H3/t17?,22-/m0/s1. The third-order valence-electron chi connectivity index (χ3n) is 5.69. The molecule has 0 radical (unpaired) electrons. The zero-order chi connectivity index (χ0) is 21.4. The van der Waals surface area contributed by atoms with Crippen molar-refractivity contribution in [2.24, 2.45) is 7.05 Å². The summed E-state index contributed by atoms with van der Waals surface area (Å²) in [4.78, 5) is 29.8. The van der Waals surface area contributed by atoms with E-state index >= 15 is 0 Å². The topological polar surface area (TPSA) is 58.4 Å². The molecule has 1 aromatic heterocycles. The summed E-state index contributed by atoms with van der Waals surface area (Å²) in [6, 6.07) is 19.2. The van der Waals surface area contributed by atoms with E-state index in [4.69, 9.17) is 0 Å². The number of aromatic nitrogens is 2. The molecule has 2 aromatic carbocycles. The zero-order valence-electron chi connectivity index (χ0n) is 17.7. The maximum Gasteiger partial charge on any atom is 0.276 e. The molecule has 30 heavy (non-hydrogen) atoms. The van der Waals surface area contributed by atoms with Crippen LogP contribution in [-0.2, 0) is 11.8 Å². The van der Waals surface area contributed by atoms with Crippen molar-refractivity contribution >= 4 is 23.2 Å². The van der Waals surface area contributed by atoms with Gasteiger partial charge in [-0.15, -0.1) is 0 Å². The van der Waals surface area contributed by atoms with E-state index in [1.807, 2.05) is 84.3 Å². The van der Waals surface area contributed by atoms with Crippen molar-refractivity contribution in [2.75, 3.05) is 9.80 Å². The van der Waals surface area contributed by atoms with Crippen molar-refractivity contribution < 1.29 is 9.59 Å². The maximum atomic E-state index is 13.5. The van der Waals surface area contributed by atoms with Crippen LogP contribution in [0.4, 0.5) is 11.4 Å². The van der Waals surface area contributed by atoms with Gasteiger partial charge in [-0.05, 0) is 50.1 Å². The first-order valence-electron chi connectivity index (χ1n) is 10.2. The van der Waals surface area contributed by atoms with Gasteiger partial charge in [-0.25, -0.2) is 0 Å². The Labute approximate surface area is 176 Å². The number of amides is 2. The van der Waals surface area contributed by atoms with Gasteiger partial charge in [-0.1, -0.05) is 36.4 Å². The van der Waals surface area contributed by atoms with Gasteiger partial charge in [-0.2, -0.15) is 5.10 Å². The largest absolute Gasteiger partial charge is 0.305 e. The molecule has 4 rings (SSSR count). The number of para-hydroxylation sites is 2. The quantitative estimate of drug-likeness (QED) is 0.658. The van der Waals surface area contributed by atoms with Crippen LogP contribution in [0.2, 0.25) is 0 Å². The predicted molar refractivity (Wildman–Crippen MR) is 118 cm³/mol. The number of aryl methyl sites for hydroxylation is 2. The molecule has 2 amide bonds. The minimum Gasteiger partial charge on any atom is -0.305 e. The minimum atomic E-state index is -0.145. The van der Waals surface area contributed by atoms with Crippen molar-refractivity contribution in [2.45, 2.75) is 39.3 Å². The summed E-state index contributed by atoms with van der Waals surface area (Å²) in [5.41, 5.74) is 4.04. The van der Waals surface area contributed by atoms with Crippen LogP contribution in [0, 0.1) is 6.92 Å². The average molecular weight is 402 g/mol. The highest BCUT2D eigenvalue weighted by Crippen LogP contribution is 2.42. The lowest BCUT2D eigenvalue weighted by Gasteiger charge is -2.43. The number of carbonyl (C=O) groups is 2. The number of carbonyl (C=O) groups excluding carboxylic acids is 2. The summed E-state index contributed by atoms with van der Waals surface area (Å²) >= 11 is 0. The van der Waals surface area contributed by atoms with Gasteiger partial charge in [-0.3, -0.25) is 14.3 Å². The van der Waals surface area contributed by atoms with Gasteiger partial charge in [0.05, 0.1) is 11.7 Å². The molecular formula is C24H26N4O2. The first-order chi connectivity index (χ1) is 14.4. The van der Waals surface area contributed by atoms with E-state index in [2.05, 4.69) is 5.10 Å². The number of fused-ring (bicyclic) bond motifs is 1. The molecule has 154 valence electrons. The Morgan fingerprint density at radius 1 is 1.07 bits per heavy atom. The van der Waals surface area contributed by atoms with Crippen LogP contribution in [0.15, 0.2) is 60.7 Å². The summed E-state index contributed by atoms with van der Waals surface area (Å²) in [5.74, 6) is -0.0965. The van der Waals surface area contributed by atoms with Gasteiger partial charge in [0.1, 0.15) is 5.69 Å². The van der Waals surface area contributed by atoms with Gasteiger partial charge in [0.25, 0.3) is 5.91 Å². The number of benzene rings is 2. The molecule has 1 aliphatic heterocycles. The van der Waals surface area contributed by atoms with E-state index < -0.39 is 0 Å². The van der Waals surface area contributed by atoms with Crippen molar-refractivity contribution in [3.05, 3.63) is 77.6 Å². The van der Waals surface area contributed by atoms with Gasteiger partial charge in [0, 0.05) is 31.4 Å². The Balaban J connectivity index is 1.80. The van der Waals surface area contributed by atoms with Crippen LogP contribution in [0.25, 0.3) is 0 Å². The van der Waals surface area contributed by atoms with E-state index in [0.717, 1.165) is 22.6 Å². The lowest BCUT2D eigenvalue weighted by Crippen LogP contribution is -2.47. The number of nitrogens with zero attached hydrogens (tertiary/aromatic N) is 4. The fraction of sp³-hybridized carbons (Fsp3) is 0.292. The molecule has 2 heterocycles. The molecule has 1 unspecified atom stereocenters. The highest BCUT2D eigenvalue weighted by molar-refractivity contribution is 6.06. The molecule has 0 bridgehead atoms. The first-order valence-corrected chi connectivity index (χ1v) is 10.2. The lowest BCUT2D eigenvalue weighted by atomic mass is 9.89. The zero-order valence-corrected chi connectivity index (χ0v) is 17.7. The highest BCUT2D eigenvalue weighted by Gasteiger charge is 2.38. The molecule has 6 heteroatoms. The number of rotatable bonds is 3. The highest BCUT2D eigenvalue weighted by atomic mass is 16.2. The molecule has 2 atom stereocenters. The summed E-state index contributed by atoms with van der Waals surface area (Å²) in [6.07, 6.45) is 0.647. The van der Waals surface area contributed by atoms with Crippen molar-refractivity contribution in [3.63, 3.8) is 0 Å². The number of hydrogen-bond acceptors (Lipinski definition) is 3. The van der Waals surface area contributed by atoms with Crippen molar-refractivity contribution in [3.8, 4) is 0 Å². The second kappa shape index (κ2) is 7.78. The smallest absolute Gasteiger partial charge is 0.276 e. The van der Waals surface area contributed by atoms with E-state index in [-0.39, 0.29) is 23.9 Å². The average Bonchev–Trinajstić information content (AvgIpc) is 3.06. The number of anilines is 2. The van der Waals surface area contributed by atoms with Crippen molar-refractivity contribution in [1.82, 2.24) is 9.78 Å². The molecule has 0 aliphatic carbocycles. The van der Waals surface area contributed by atoms with E-state index in [0.29, 0.717) is 12.1 Å². The van der Waals surface area contributed by atoms with E-state index in [1.165, 1.54) is 0 Å². The predicted octanol–water partition coefficient (Wildman–Crippen LogP) is 4.26. The minimum absolute atomic E-state index is 0.0183. The molecule has 0 spiro atoms. The molecule has 3 aromatic rings. The summed E-state index contributed by atoms with van der Waals surface area (Å²) in [7, 11) is 1.79. The van der Waals surface area contributed by atoms with Crippen LogP contribution < -0.4 is 9.80 Å². The summed E-state index contributed by atoms with van der Waals surface area (Å²) in [6.45, 7) is 5.51. The van der Waals surface area contributed by atoms with Crippen LogP contribution in [0.3, 0.4) is 0 Å². The van der Waals surface area contributed by atoms with E-state index in [1.54, 1.807) is 18.7 Å². The lowest BCUT2D eigenvalue weighted by molar-refractivity contribution is -0.117. The SMILES string of the molecule is CC(=O)N(c1ccccc1)[C@H]1CC(C)N(C(=O)c2cc(C)nn2C)c2ccccc21. The Bertz CT molecular complexity index is 1090. The van der Waals surface area contributed by atoms with E-state index in [9.17, 15) is 9.59 Å². The number of hydrogen-bond donors (Lipinski definition) is 0. The molecule has 1 aliphatic rings. The van der Waals surface area contributed by atoms with Crippen molar-refractivity contribution in [1.29, 1.82) is 0 Å². The van der Waals surface area contributed by atoms with Gasteiger partial charge >= 0.3 is 0 Å². The fourth-order valence-corrected chi connectivity index (χ4v) is 4.44. The second-order valence-electron chi connectivity index (χ2n) is 7.85.